The van der Waals surface area contributed by atoms with E-state index in [0.717, 1.165) is 24.4 Å². The summed E-state index contributed by atoms with van der Waals surface area (Å²) in [7, 11) is 2.25. The zero-order valence-corrected chi connectivity index (χ0v) is 10.00. The van der Waals surface area contributed by atoms with Crippen LogP contribution >= 0.6 is 0 Å². The summed E-state index contributed by atoms with van der Waals surface area (Å²) < 4.78 is 0. The Hall–Kier alpha value is -0.0800. The average Bonchev–Trinajstić information content (AvgIpc) is 2.93. The smallest absolute Gasteiger partial charge is 0.00933 e. The topological polar surface area (TPSA) is 29.3 Å². The summed E-state index contributed by atoms with van der Waals surface area (Å²) in [6, 6.07) is 0.896. The predicted molar refractivity (Wildman–Crippen MR) is 62.3 cm³/mol. The lowest BCUT2D eigenvalue weighted by Crippen LogP contribution is -2.26. The molecule has 1 rings (SSSR count). The lowest BCUT2D eigenvalue weighted by molar-refractivity contribution is 0.277. The first-order chi connectivity index (χ1) is 6.63. The molecule has 1 saturated carbocycles. The Kier molecular flexibility index (Phi) is 4.90. The zero-order chi connectivity index (χ0) is 10.6. The molecular formula is C12H26N2. The minimum absolute atomic E-state index is 0.733. The summed E-state index contributed by atoms with van der Waals surface area (Å²) >= 11 is 0. The van der Waals surface area contributed by atoms with E-state index < -0.39 is 0 Å². The Balaban J connectivity index is 2.12. The van der Waals surface area contributed by atoms with E-state index in [0.29, 0.717) is 0 Å². The molecule has 0 heterocycles. The highest BCUT2D eigenvalue weighted by Crippen LogP contribution is 2.26. The van der Waals surface area contributed by atoms with Gasteiger partial charge in [-0.15, -0.1) is 0 Å². The third kappa shape index (κ3) is 4.43. The minimum atomic E-state index is 0.733. The Morgan fingerprint density at radius 2 is 2.00 bits per heavy atom. The molecule has 2 N–H and O–H groups in total. The third-order valence-corrected chi connectivity index (χ3v) is 3.20. The van der Waals surface area contributed by atoms with Crippen LogP contribution in [0, 0.1) is 11.8 Å². The van der Waals surface area contributed by atoms with Crippen molar-refractivity contribution in [1.29, 1.82) is 0 Å². The molecule has 0 aromatic carbocycles. The number of rotatable bonds is 7. The number of nitrogens with zero attached hydrogens (tertiary/aromatic N) is 1. The van der Waals surface area contributed by atoms with Gasteiger partial charge in [-0.1, -0.05) is 13.8 Å². The van der Waals surface area contributed by atoms with Gasteiger partial charge in [0.15, 0.2) is 0 Å². The maximum atomic E-state index is 5.78. The molecule has 1 fully saturated rings. The number of hydrogen-bond acceptors (Lipinski definition) is 2. The minimum Gasteiger partial charge on any atom is -0.330 e. The second-order valence-electron chi connectivity index (χ2n) is 5.23. The van der Waals surface area contributed by atoms with E-state index in [1.165, 1.54) is 32.2 Å². The van der Waals surface area contributed by atoms with Gasteiger partial charge in [-0.2, -0.15) is 0 Å². The molecule has 0 radical (unpaired) electrons. The van der Waals surface area contributed by atoms with Crippen LogP contribution in [0.25, 0.3) is 0 Å². The first kappa shape index (κ1) is 12.0. The van der Waals surface area contributed by atoms with Crippen LogP contribution in [0.5, 0.6) is 0 Å². The lowest BCUT2D eigenvalue weighted by atomic mass is 9.94. The summed E-state index contributed by atoms with van der Waals surface area (Å²) in [5, 5.41) is 0. The van der Waals surface area contributed by atoms with Crippen LogP contribution in [0.3, 0.4) is 0 Å². The van der Waals surface area contributed by atoms with Crippen LogP contribution in [0.1, 0.15) is 39.5 Å². The summed E-state index contributed by atoms with van der Waals surface area (Å²) in [6.45, 7) is 6.66. The molecule has 0 spiro atoms. The zero-order valence-electron chi connectivity index (χ0n) is 10.00. The van der Waals surface area contributed by atoms with Crippen molar-refractivity contribution >= 4 is 0 Å². The van der Waals surface area contributed by atoms with E-state index >= 15 is 0 Å². The van der Waals surface area contributed by atoms with E-state index in [9.17, 15) is 0 Å². The molecule has 0 aromatic rings. The quantitative estimate of drug-likeness (QED) is 0.679. The molecule has 2 heteroatoms. The molecule has 0 saturated heterocycles. The summed E-state index contributed by atoms with van der Waals surface area (Å²) in [4.78, 5) is 2.50. The molecule has 1 aliphatic carbocycles. The van der Waals surface area contributed by atoms with Crippen molar-refractivity contribution in [3.05, 3.63) is 0 Å². The summed E-state index contributed by atoms with van der Waals surface area (Å²) in [6.07, 6.45) is 5.39. The van der Waals surface area contributed by atoms with E-state index in [2.05, 4.69) is 25.8 Å². The molecular weight excluding hydrogens is 172 g/mol. The highest BCUT2D eigenvalue weighted by molar-refractivity contribution is 4.82. The van der Waals surface area contributed by atoms with Crippen molar-refractivity contribution in [1.82, 2.24) is 4.90 Å². The van der Waals surface area contributed by atoms with Crippen LogP contribution in [0.4, 0.5) is 0 Å². The highest BCUT2D eigenvalue weighted by Gasteiger charge is 2.26. The average molecular weight is 198 g/mol. The Morgan fingerprint density at radius 3 is 2.43 bits per heavy atom. The maximum Gasteiger partial charge on any atom is 0.00933 e. The van der Waals surface area contributed by atoms with Gasteiger partial charge in [-0.05, 0) is 57.7 Å². The van der Waals surface area contributed by atoms with Crippen molar-refractivity contribution in [2.24, 2.45) is 17.6 Å². The Morgan fingerprint density at radius 1 is 1.36 bits per heavy atom. The van der Waals surface area contributed by atoms with Gasteiger partial charge in [-0.3, -0.25) is 0 Å². The fraction of sp³-hybridized carbons (Fsp3) is 1.00. The fourth-order valence-corrected chi connectivity index (χ4v) is 2.08. The standard InChI is InChI=1S/C12H26N2/c1-10(2)8-11(9-13)6-7-14(3)12-4-5-12/h10-12H,4-9,13H2,1-3H3. The van der Waals surface area contributed by atoms with E-state index in [1.54, 1.807) is 0 Å². The molecule has 1 aliphatic rings. The largest absolute Gasteiger partial charge is 0.330 e. The molecule has 0 aromatic heterocycles. The summed E-state index contributed by atoms with van der Waals surface area (Å²) in [5.74, 6) is 1.52. The van der Waals surface area contributed by atoms with Gasteiger partial charge < -0.3 is 10.6 Å². The molecule has 84 valence electrons. The molecule has 2 nitrogen and oxygen atoms in total. The Labute approximate surface area is 88.8 Å². The molecule has 1 atom stereocenters. The molecule has 0 aliphatic heterocycles. The van der Waals surface area contributed by atoms with Gasteiger partial charge in [0.2, 0.25) is 0 Å². The van der Waals surface area contributed by atoms with E-state index in [1.807, 2.05) is 0 Å². The van der Waals surface area contributed by atoms with E-state index in [-0.39, 0.29) is 0 Å². The number of hydrogen-bond donors (Lipinski definition) is 1. The van der Waals surface area contributed by atoms with Crippen LogP contribution in [0.15, 0.2) is 0 Å². The maximum absolute atomic E-state index is 5.78. The SMILES string of the molecule is CC(C)CC(CN)CCN(C)C1CC1. The highest BCUT2D eigenvalue weighted by atomic mass is 15.1. The van der Waals surface area contributed by atoms with Gasteiger partial charge in [0.25, 0.3) is 0 Å². The van der Waals surface area contributed by atoms with Gasteiger partial charge in [0.05, 0.1) is 0 Å². The van der Waals surface area contributed by atoms with Crippen molar-refractivity contribution in [2.75, 3.05) is 20.1 Å². The van der Waals surface area contributed by atoms with Crippen molar-refractivity contribution in [2.45, 2.75) is 45.6 Å². The van der Waals surface area contributed by atoms with Crippen LogP contribution in [-0.2, 0) is 0 Å². The first-order valence-corrected chi connectivity index (χ1v) is 6.03. The van der Waals surface area contributed by atoms with E-state index in [4.69, 9.17) is 5.73 Å². The van der Waals surface area contributed by atoms with Gasteiger partial charge >= 0.3 is 0 Å². The lowest BCUT2D eigenvalue weighted by Gasteiger charge is -2.21. The van der Waals surface area contributed by atoms with Crippen molar-refractivity contribution < 1.29 is 0 Å². The van der Waals surface area contributed by atoms with Crippen molar-refractivity contribution in [3.63, 3.8) is 0 Å². The van der Waals surface area contributed by atoms with Gasteiger partial charge in [-0.25, -0.2) is 0 Å². The first-order valence-electron chi connectivity index (χ1n) is 6.03. The van der Waals surface area contributed by atoms with Crippen LogP contribution < -0.4 is 5.73 Å². The normalized spacial score (nSPS) is 19.3. The third-order valence-electron chi connectivity index (χ3n) is 3.20. The summed E-state index contributed by atoms with van der Waals surface area (Å²) in [5.41, 5.74) is 5.78. The van der Waals surface area contributed by atoms with Gasteiger partial charge in [0.1, 0.15) is 0 Å². The fourth-order valence-electron chi connectivity index (χ4n) is 2.08. The van der Waals surface area contributed by atoms with Crippen LogP contribution in [0.2, 0.25) is 0 Å². The van der Waals surface area contributed by atoms with Crippen LogP contribution in [-0.4, -0.2) is 31.1 Å². The second-order valence-corrected chi connectivity index (χ2v) is 5.23. The molecule has 0 bridgehead atoms. The molecule has 0 amide bonds. The van der Waals surface area contributed by atoms with Gasteiger partial charge in [0, 0.05) is 6.04 Å². The second kappa shape index (κ2) is 5.72. The molecule has 14 heavy (non-hydrogen) atoms. The van der Waals surface area contributed by atoms with Crippen molar-refractivity contribution in [3.8, 4) is 0 Å². The monoisotopic (exact) mass is 198 g/mol. The predicted octanol–water partition coefficient (Wildman–Crippen LogP) is 2.09. The number of nitrogens with two attached hydrogens (primary N) is 1. The molecule has 1 unspecified atom stereocenters. The Bertz CT molecular complexity index is 152.